The molecule has 0 bridgehead atoms. The fraction of sp³-hybridized carbons (Fsp3) is 0.562. The van der Waals surface area contributed by atoms with Crippen molar-refractivity contribution in [1.29, 1.82) is 0 Å². The van der Waals surface area contributed by atoms with Gasteiger partial charge in [0.25, 0.3) is 5.91 Å². The molecule has 21 heavy (non-hydrogen) atoms. The SMILES string of the molecule is Cc1ccc(N)cc1C(=O)N1CCN(CC(C)O)C(C)C1. The summed E-state index contributed by atoms with van der Waals surface area (Å²) in [6.45, 7) is 8.62. The third kappa shape index (κ3) is 3.74. The van der Waals surface area contributed by atoms with E-state index in [0.717, 1.165) is 12.1 Å². The number of amides is 1. The van der Waals surface area contributed by atoms with Gasteiger partial charge in [-0.2, -0.15) is 0 Å². The van der Waals surface area contributed by atoms with Crippen LogP contribution in [-0.4, -0.2) is 59.1 Å². The van der Waals surface area contributed by atoms with E-state index < -0.39 is 0 Å². The number of hydrogen-bond acceptors (Lipinski definition) is 4. The van der Waals surface area contributed by atoms with Crippen LogP contribution in [0.2, 0.25) is 0 Å². The van der Waals surface area contributed by atoms with Crippen LogP contribution in [0.25, 0.3) is 0 Å². The minimum absolute atomic E-state index is 0.0448. The smallest absolute Gasteiger partial charge is 0.254 e. The fourth-order valence-corrected chi connectivity index (χ4v) is 2.83. The zero-order chi connectivity index (χ0) is 15.6. The van der Waals surface area contributed by atoms with Crippen molar-refractivity contribution in [2.45, 2.75) is 32.9 Å². The Bertz CT molecular complexity index is 516. The lowest BCUT2D eigenvalue weighted by atomic mass is 10.1. The van der Waals surface area contributed by atoms with Crippen LogP contribution in [0.15, 0.2) is 18.2 Å². The zero-order valence-corrected chi connectivity index (χ0v) is 13.0. The Hall–Kier alpha value is -1.59. The second-order valence-corrected chi connectivity index (χ2v) is 6.02. The number of benzene rings is 1. The minimum atomic E-state index is -0.342. The number of aliphatic hydroxyl groups excluding tert-OH is 1. The van der Waals surface area contributed by atoms with E-state index in [-0.39, 0.29) is 18.1 Å². The number of aliphatic hydroxyl groups is 1. The average molecular weight is 291 g/mol. The van der Waals surface area contributed by atoms with Crippen molar-refractivity contribution < 1.29 is 9.90 Å². The van der Waals surface area contributed by atoms with Crippen LogP contribution in [0.5, 0.6) is 0 Å². The Labute approximate surface area is 126 Å². The summed E-state index contributed by atoms with van der Waals surface area (Å²) in [7, 11) is 0. The van der Waals surface area contributed by atoms with Crippen molar-refractivity contribution in [3.8, 4) is 0 Å². The van der Waals surface area contributed by atoms with E-state index in [9.17, 15) is 9.90 Å². The summed E-state index contributed by atoms with van der Waals surface area (Å²) in [4.78, 5) is 16.8. The number of nitrogens with zero attached hydrogens (tertiary/aromatic N) is 2. The Kier molecular flexibility index (Phi) is 4.85. The molecule has 2 rings (SSSR count). The molecule has 1 saturated heterocycles. The minimum Gasteiger partial charge on any atom is -0.399 e. The van der Waals surface area contributed by atoms with E-state index in [0.29, 0.717) is 30.9 Å². The summed E-state index contributed by atoms with van der Waals surface area (Å²) in [5.74, 6) is 0.0448. The van der Waals surface area contributed by atoms with Gasteiger partial charge in [0.1, 0.15) is 0 Å². The third-order valence-electron chi connectivity index (χ3n) is 4.04. The molecule has 2 unspecified atom stereocenters. The number of piperazine rings is 1. The van der Waals surface area contributed by atoms with Crippen molar-refractivity contribution in [2.24, 2.45) is 0 Å². The second kappa shape index (κ2) is 6.45. The summed E-state index contributed by atoms with van der Waals surface area (Å²) in [6, 6.07) is 5.70. The monoisotopic (exact) mass is 291 g/mol. The molecular weight excluding hydrogens is 266 g/mol. The predicted molar refractivity (Wildman–Crippen MR) is 84.2 cm³/mol. The van der Waals surface area contributed by atoms with Crippen molar-refractivity contribution in [3.63, 3.8) is 0 Å². The van der Waals surface area contributed by atoms with E-state index >= 15 is 0 Å². The molecule has 5 nitrogen and oxygen atoms in total. The Balaban J connectivity index is 2.07. The van der Waals surface area contributed by atoms with E-state index in [4.69, 9.17) is 5.73 Å². The van der Waals surface area contributed by atoms with Gasteiger partial charge in [-0.05, 0) is 38.5 Å². The highest BCUT2D eigenvalue weighted by Crippen LogP contribution is 2.18. The molecule has 0 aliphatic carbocycles. The summed E-state index contributed by atoms with van der Waals surface area (Å²) in [5.41, 5.74) is 8.05. The van der Waals surface area contributed by atoms with E-state index in [2.05, 4.69) is 11.8 Å². The molecule has 1 aliphatic heterocycles. The van der Waals surface area contributed by atoms with Gasteiger partial charge in [-0.3, -0.25) is 9.69 Å². The lowest BCUT2D eigenvalue weighted by Gasteiger charge is -2.40. The lowest BCUT2D eigenvalue weighted by Crippen LogP contribution is -2.55. The molecular formula is C16H25N3O2. The molecule has 1 aromatic rings. The van der Waals surface area contributed by atoms with E-state index in [1.54, 1.807) is 13.0 Å². The molecule has 0 aromatic heterocycles. The summed E-state index contributed by atoms with van der Waals surface area (Å²) in [6.07, 6.45) is -0.342. The number of β-amino-alcohol motifs (C(OH)–C–C–N with tert-alkyl or cyclic N) is 1. The third-order valence-corrected chi connectivity index (χ3v) is 4.04. The van der Waals surface area contributed by atoms with Crippen LogP contribution >= 0.6 is 0 Å². The van der Waals surface area contributed by atoms with E-state index in [1.165, 1.54) is 0 Å². The van der Waals surface area contributed by atoms with Crippen LogP contribution in [0, 0.1) is 6.92 Å². The van der Waals surface area contributed by atoms with Crippen molar-refractivity contribution in [1.82, 2.24) is 9.80 Å². The summed E-state index contributed by atoms with van der Waals surface area (Å²) >= 11 is 0. The van der Waals surface area contributed by atoms with Gasteiger partial charge in [-0.15, -0.1) is 0 Å². The van der Waals surface area contributed by atoms with Gasteiger partial charge in [0.15, 0.2) is 0 Å². The van der Waals surface area contributed by atoms with Gasteiger partial charge in [0.2, 0.25) is 0 Å². The first-order chi connectivity index (χ1) is 9.88. The maximum atomic E-state index is 12.6. The highest BCUT2D eigenvalue weighted by atomic mass is 16.3. The second-order valence-electron chi connectivity index (χ2n) is 6.02. The molecule has 0 spiro atoms. The lowest BCUT2D eigenvalue weighted by molar-refractivity contribution is 0.0364. The zero-order valence-electron chi connectivity index (χ0n) is 13.0. The molecule has 116 valence electrons. The molecule has 1 amide bonds. The molecule has 1 heterocycles. The van der Waals surface area contributed by atoms with Crippen LogP contribution in [0.1, 0.15) is 29.8 Å². The van der Waals surface area contributed by atoms with Crippen molar-refractivity contribution >= 4 is 11.6 Å². The number of nitrogen functional groups attached to an aromatic ring is 1. The molecule has 5 heteroatoms. The summed E-state index contributed by atoms with van der Waals surface area (Å²) < 4.78 is 0. The number of carbonyl (C=O) groups is 1. The molecule has 0 saturated carbocycles. The number of rotatable bonds is 3. The van der Waals surface area contributed by atoms with Gasteiger partial charge in [-0.25, -0.2) is 0 Å². The number of carbonyl (C=O) groups excluding carboxylic acids is 1. The van der Waals surface area contributed by atoms with Gasteiger partial charge in [0.05, 0.1) is 6.10 Å². The van der Waals surface area contributed by atoms with Gasteiger partial charge < -0.3 is 15.7 Å². The topological polar surface area (TPSA) is 69.8 Å². The number of nitrogens with two attached hydrogens (primary N) is 1. The molecule has 1 fully saturated rings. The van der Waals surface area contributed by atoms with Crippen molar-refractivity contribution in [2.75, 3.05) is 31.9 Å². The standard InChI is InChI=1S/C16H25N3O2/c1-11-4-5-14(17)8-15(11)16(21)19-7-6-18(10-13(3)20)12(2)9-19/h4-5,8,12-13,20H,6-7,9-10,17H2,1-3H3. The Morgan fingerprint density at radius 2 is 2.19 bits per heavy atom. The first-order valence-corrected chi connectivity index (χ1v) is 7.46. The first-order valence-electron chi connectivity index (χ1n) is 7.46. The highest BCUT2D eigenvalue weighted by molar-refractivity contribution is 5.96. The molecule has 1 aliphatic rings. The van der Waals surface area contributed by atoms with Crippen LogP contribution < -0.4 is 5.73 Å². The highest BCUT2D eigenvalue weighted by Gasteiger charge is 2.28. The van der Waals surface area contributed by atoms with Crippen LogP contribution in [-0.2, 0) is 0 Å². The fourth-order valence-electron chi connectivity index (χ4n) is 2.83. The van der Waals surface area contributed by atoms with Crippen LogP contribution in [0.3, 0.4) is 0 Å². The first kappa shape index (κ1) is 15.8. The predicted octanol–water partition coefficient (Wildman–Crippen LogP) is 1.10. The summed E-state index contributed by atoms with van der Waals surface area (Å²) in [5, 5.41) is 9.51. The maximum absolute atomic E-state index is 12.6. The van der Waals surface area contributed by atoms with E-state index in [1.807, 2.05) is 24.0 Å². The quantitative estimate of drug-likeness (QED) is 0.818. The molecule has 1 aromatic carbocycles. The molecule has 0 radical (unpaired) electrons. The maximum Gasteiger partial charge on any atom is 0.254 e. The normalized spacial score (nSPS) is 21.3. The van der Waals surface area contributed by atoms with Gasteiger partial charge in [-0.1, -0.05) is 6.07 Å². The largest absolute Gasteiger partial charge is 0.399 e. The number of aryl methyl sites for hydroxylation is 1. The number of hydrogen-bond donors (Lipinski definition) is 2. The van der Waals surface area contributed by atoms with Gasteiger partial charge in [0, 0.05) is 43.5 Å². The van der Waals surface area contributed by atoms with Crippen LogP contribution in [0.4, 0.5) is 5.69 Å². The molecule has 2 atom stereocenters. The van der Waals surface area contributed by atoms with Gasteiger partial charge >= 0.3 is 0 Å². The van der Waals surface area contributed by atoms with Crippen molar-refractivity contribution in [3.05, 3.63) is 29.3 Å². The molecule has 3 N–H and O–H groups in total. The Morgan fingerprint density at radius 1 is 1.48 bits per heavy atom. The average Bonchev–Trinajstić information content (AvgIpc) is 2.42. The Morgan fingerprint density at radius 3 is 2.81 bits per heavy atom. The number of anilines is 1.